The Morgan fingerprint density at radius 2 is 1.79 bits per heavy atom. The maximum Gasteiger partial charge on any atom is 0.313 e. The van der Waals surface area contributed by atoms with Crippen LogP contribution in [0.1, 0.15) is 44.9 Å². The highest BCUT2D eigenvalue weighted by atomic mass is 16.2. The average molecular weight is 536 g/mol. The van der Waals surface area contributed by atoms with Gasteiger partial charge in [0.05, 0.1) is 17.9 Å². The number of likely N-dealkylation sites (N-methyl/N-ethyl adjacent to an activating group) is 1. The number of carbonyl (C=O) groups is 3. The molecule has 2 atom stereocenters. The molecule has 2 saturated heterocycles. The molecule has 210 valence electrons. The van der Waals surface area contributed by atoms with E-state index in [0.717, 1.165) is 43.0 Å². The van der Waals surface area contributed by atoms with E-state index in [2.05, 4.69) is 39.3 Å². The minimum absolute atomic E-state index is 0.0410. The summed E-state index contributed by atoms with van der Waals surface area (Å²) in [6.45, 7) is 12.0. The largest absolute Gasteiger partial charge is 0.383 e. The Balaban J connectivity index is 1.62. The van der Waals surface area contributed by atoms with Crippen molar-refractivity contribution in [3.8, 4) is 0 Å². The highest BCUT2D eigenvalue weighted by Crippen LogP contribution is 2.32. The van der Waals surface area contributed by atoms with Crippen LogP contribution in [0.4, 0.5) is 17.2 Å². The highest BCUT2D eigenvalue weighted by molar-refractivity contribution is 6.39. The number of nitrogens with two attached hydrogens (primary N) is 1. The summed E-state index contributed by atoms with van der Waals surface area (Å²) in [7, 11) is 2.12. The molecule has 1 aromatic carbocycles. The SMILES string of the molecule is CCc1cc(NC(=O)C(=O)N2C[C@@H](C)N(C(=O)C(C)C)C[C@@H]2c2cccc(N3CCN(C)CC3)c2)cnc1N. The first-order valence-corrected chi connectivity index (χ1v) is 13.8. The first kappa shape index (κ1) is 28.4. The zero-order chi connectivity index (χ0) is 28.3. The first-order valence-electron chi connectivity index (χ1n) is 13.8. The molecule has 39 heavy (non-hydrogen) atoms. The molecule has 10 heteroatoms. The van der Waals surface area contributed by atoms with Crippen LogP contribution in [-0.2, 0) is 20.8 Å². The lowest BCUT2D eigenvalue weighted by atomic mass is 9.97. The molecule has 0 spiro atoms. The molecule has 3 heterocycles. The Labute approximate surface area is 231 Å². The van der Waals surface area contributed by atoms with E-state index in [9.17, 15) is 14.4 Å². The molecule has 3 amide bonds. The molecule has 0 unspecified atom stereocenters. The molecule has 2 fully saturated rings. The van der Waals surface area contributed by atoms with Crippen molar-refractivity contribution >= 4 is 34.9 Å². The van der Waals surface area contributed by atoms with Crippen molar-refractivity contribution in [2.75, 3.05) is 62.3 Å². The topological polar surface area (TPSA) is 115 Å². The van der Waals surface area contributed by atoms with Gasteiger partial charge < -0.3 is 30.7 Å². The van der Waals surface area contributed by atoms with Crippen LogP contribution >= 0.6 is 0 Å². The van der Waals surface area contributed by atoms with Gasteiger partial charge in [-0.1, -0.05) is 32.9 Å². The fraction of sp³-hybridized carbons (Fsp3) is 0.517. The number of rotatable bonds is 5. The molecule has 2 aliphatic heterocycles. The van der Waals surface area contributed by atoms with Gasteiger partial charge in [-0.2, -0.15) is 0 Å². The van der Waals surface area contributed by atoms with E-state index in [1.165, 1.54) is 6.20 Å². The Morgan fingerprint density at radius 3 is 2.46 bits per heavy atom. The minimum atomic E-state index is -0.736. The summed E-state index contributed by atoms with van der Waals surface area (Å²) in [6.07, 6.45) is 2.12. The third-order valence-corrected chi connectivity index (χ3v) is 7.73. The number of carbonyl (C=O) groups excluding carboxylic acids is 3. The van der Waals surface area contributed by atoms with E-state index in [-0.39, 0.29) is 24.4 Å². The second-order valence-electron chi connectivity index (χ2n) is 10.9. The van der Waals surface area contributed by atoms with Crippen LogP contribution < -0.4 is 16.0 Å². The Bertz CT molecular complexity index is 1210. The van der Waals surface area contributed by atoms with Crippen LogP contribution in [0.3, 0.4) is 0 Å². The minimum Gasteiger partial charge on any atom is -0.383 e. The summed E-state index contributed by atoms with van der Waals surface area (Å²) < 4.78 is 0. The second kappa shape index (κ2) is 12.0. The summed E-state index contributed by atoms with van der Waals surface area (Å²) in [6, 6.07) is 9.21. The number of piperazine rings is 2. The first-order chi connectivity index (χ1) is 18.6. The fourth-order valence-electron chi connectivity index (χ4n) is 5.30. The van der Waals surface area contributed by atoms with Gasteiger partial charge in [-0.05, 0) is 49.7 Å². The van der Waals surface area contributed by atoms with Gasteiger partial charge in [0.1, 0.15) is 5.82 Å². The van der Waals surface area contributed by atoms with E-state index in [1.807, 2.05) is 44.7 Å². The molecular weight excluding hydrogens is 494 g/mol. The van der Waals surface area contributed by atoms with Gasteiger partial charge in [-0.15, -0.1) is 0 Å². The average Bonchev–Trinajstić information content (AvgIpc) is 2.93. The molecule has 4 rings (SSSR count). The van der Waals surface area contributed by atoms with Gasteiger partial charge in [0.2, 0.25) is 5.91 Å². The van der Waals surface area contributed by atoms with Crippen LogP contribution in [0, 0.1) is 5.92 Å². The maximum atomic E-state index is 13.6. The number of nitrogen functional groups attached to an aromatic ring is 1. The van der Waals surface area contributed by atoms with E-state index < -0.39 is 17.9 Å². The Hall–Kier alpha value is -3.66. The molecule has 0 radical (unpaired) electrons. The number of nitrogens with zero attached hydrogens (tertiary/aromatic N) is 5. The number of anilines is 3. The molecule has 0 saturated carbocycles. The predicted octanol–water partition coefficient (Wildman–Crippen LogP) is 2.37. The summed E-state index contributed by atoms with van der Waals surface area (Å²) in [5, 5.41) is 2.71. The fourth-order valence-corrected chi connectivity index (χ4v) is 5.30. The zero-order valence-electron chi connectivity index (χ0n) is 23.7. The number of pyridine rings is 1. The lowest BCUT2D eigenvalue weighted by Crippen LogP contribution is -2.59. The van der Waals surface area contributed by atoms with Crippen molar-refractivity contribution < 1.29 is 14.4 Å². The van der Waals surface area contributed by atoms with Gasteiger partial charge in [-0.3, -0.25) is 14.4 Å². The predicted molar refractivity (Wildman–Crippen MR) is 153 cm³/mol. The summed E-state index contributed by atoms with van der Waals surface area (Å²) in [4.78, 5) is 52.1. The zero-order valence-corrected chi connectivity index (χ0v) is 23.7. The molecule has 2 aliphatic rings. The van der Waals surface area contributed by atoms with E-state index >= 15 is 0 Å². The van der Waals surface area contributed by atoms with Gasteiger partial charge in [0, 0.05) is 56.9 Å². The van der Waals surface area contributed by atoms with Crippen molar-refractivity contribution in [2.45, 2.75) is 46.2 Å². The van der Waals surface area contributed by atoms with Gasteiger partial charge in [0.15, 0.2) is 0 Å². The van der Waals surface area contributed by atoms with Crippen LogP contribution in [0.5, 0.6) is 0 Å². The highest BCUT2D eigenvalue weighted by Gasteiger charge is 2.40. The third kappa shape index (κ3) is 6.33. The van der Waals surface area contributed by atoms with Gasteiger partial charge in [0.25, 0.3) is 0 Å². The van der Waals surface area contributed by atoms with Crippen LogP contribution in [0.25, 0.3) is 0 Å². The number of benzene rings is 1. The smallest absolute Gasteiger partial charge is 0.313 e. The summed E-state index contributed by atoms with van der Waals surface area (Å²) >= 11 is 0. The molecule has 10 nitrogen and oxygen atoms in total. The van der Waals surface area contributed by atoms with Crippen molar-refractivity contribution in [1.29, 1.82) is 0 Å². The third-order valence-electron chi connectivity index (χ3n) is 7.73. The van der Waals surface area contributed by atoms with Gasteiger partial charge in [-0.25, -0.2) is 4.98 Å². The number of hydrogen-bond acceptors (Lipinski definition) is 7. The molecule has 3 N–H and O–H groups in total. The number of aryl methyl sites for hydroxylation is 1. The number of hydrogen-bond donors (Lipinski definition) is 2. The molecular formula is C29H41N7O3. The van der Waals surface area contributed by atoms with Crippen molar-refractivity contribution in [2.24, 2.45) is 5.92 Å². The van der Waals surface area contributed by atoms with E-state index in [0.29, 0.717) is 24.5 Å². The Kier molecular flexibility index (Phi) is 8.74. The lowest BCUT2D eigenvalue weighted by Gasteiger charge is -2.46. The number of amides is 3. The summed E-state index contributed by atoms with van der Waals surface area (Å²) in [5.41, 5.74) is 9.11. The number of nitrogens with one attached hydrogen (secondary N) is 1. The van der Waals surface area contributed by atoms with Gasteiger partial charge >= 0.3 is 11.8 Å². The Morgan fingerprint density at radius 1 is 1.08 bits per heavy atom. The van der Waals surface area contributed by atoms with Crippen molar-refractivity contribution in [3.63, 3.8) is 0 Å². The van der Waals surface area contributed by atoms with Crippen molar-refractivity contribution in [1.82, 2.24) is 19.7 Å². The normalized spacial score (nSPS) is 20.3. The van der Waals surface area contributed by atoms with E-state index in [4.69, 9.17) is 5.73 Å². The summed E-state index contributed by atoms with van der Waals surface area (Å²) in [5.74, 6) is -1.09. The second-order valence-corrected chi connectivity index (χ2v) is 10.9. The standard InChI is InChI=1S/C29H41N7O3/c1-6-21-14-23(16-31-26(21)30)32-27(37)29(39)36-17-20(4)35(28(38)19(2)3)18-25(36)22-8-7-9-24(15-22)34-12-10-33(5)11-13-34/h7-9,14-16,19-20,25H,6,10-13,17-18H2,1-5H3,(H2,30,31)(H,32,37)/t20-,25-/m1/s1. The van der Waals surface area contributed by atoms with Crippen LogP contribution in [0.2, 0.25) is 0 Å². The van der Waals surface area contributed by atoms with Crippen LogP contribution in [-0.4, -0.2) is 89.8 Å². The van der Waals surface area contributed by atoms with Crippen molar-refractivity contribution in [3.05, 3.63) is 47.7 Å². The molecule has 0 aliphatic carbocycles. The lowest BCUT2D eigenvalue weighted by molar-refractivity contribution is -0.152. The maximum absolute atomic E-state index is 13.6. The molecule has 2 aromatic rings. The van der Waals surface area contributed by atoms with Crippen LogP contribution in [0.15, 0.2) is 36.5 Å². The molecule has 1 aromatic heterocycles. The monoisotopic (exact) mass is 535 g/mol. The molecule has 0 bridgehead atoms. The van der Waals surface area contributed by atoms with E-state index in [1.54, 1.807) is 11.0 Å². The number of aromatic nitrogens is 1. The quantitative estimate of drug-likeness (QED) is 0.565.